The standard InChI is InChI=1S/C29H34N8O3/c38-27-26(13-18-5-6-25-22(15-31-34-25)23(18)17-36(27)21-7-10-30-14-21)33-28(39)35-11-8-20(9-12-35)37-16-19-3-1-2-4-24(19)32-29(37)40/h1-6,15,20-21,26,30H,7-14,16-17H2,(H,31,34)(H,32,40)(H,33,39)/t21?,26-/m1/s1. The molecule has 208 valence electrons. The molecule has 3 aromatic rings. The second-order valence-corrected chi connectivity index (χ2v) is 11.3. The van der Waals surface area contributed by atoms with E-state index in [0.29, 0.717) is 45.4 Å². The van der Waals surface area contributed by atoms with Crippen molar-refractivity contribution < 1.29 is 14.4 Å². The van der Waals surface area contributed by atoms with Crippen molar-refractivity contribution in [3.05, 3.63) is 59.3 Å². The lowest BCUT2D eigenvalue weighted by Gasteiger charge is -2.40. The van der Waals surface area contributed by atoms with Gasteiger partial charge in [-0.1, -0.05) is 24.3 Å². The highest BCUT2D eigenvalue weighted by molar-refractivity contribution is 5.93. The van der Waals surface area contributed by atoms with Gasteiger partial charge >= 0.3 is 12.1 Å². The zero-order chi connectivity index (χ0) is 27.2. The Morgan fingerprint density at radius 1 is 0.950 bits per heavy atom. The topological polar surface area (TPSA) is 126 Å². The van der Waals surface area contributed by atoms with Gasteiger partial charge < -0.3 is 30.7 Å². The zero-order valence-corrected chi connectivity index (χ0v) is 22.4. The van der Waals surface area contributed by atoms with E-state index in [1.54, 1.807) is 4.90 Å². The third-order valence-electron chi connectivity index (χ3n) is 8.99. The molecule has 2 saturated heterocycles. The van der Waals surface area contributed by atoms with Crippen molar-refractivity contribution in [2.45, 2.75) is 56.9 Å². The molecule has 0 saturated carbocycles. The molecule has 0 aliphatic carbocycles. The molecule has 0 bridgehead atoms. The van der Waals surface area contributed by atoms with E-state index in [0.717, 1.165) is 52.8 Å². The number of likely N-dealkylation sites (tertiary alicyclic amines) is 1. The molecule has 1 unspecified atom stereocenters. The number of nitrogens with zero attached hydrogens (tertiary/aromatic N) is 4. The Morgan fingerprint density at radius 2 is 1.80 bits per heavy atom. The summed E-state index contributed by atoms with van der Waals surface area (Å²) in [5, 5.41) is 17.7. The average Bonchev–Trinajstić information content (AvgIpc) is 3.66. The lowest BCUT2D eigenvalue weighted by atomic mass is 9.98. The van der Waals surface area contributed by atoms with E-state index in [1.807, 2.05) is 52.4 Å². The van der Waals surface area contributed by atoms with Gasteiger partial charge in [-0.3, -0.25) is 9.89 Å². The van der Waals surface area contributed by atoms with Crippen LogP contribution in [0.4, 0.5) is 15.3 Å². The maximum atomic E-state index is 13.9. The number of H-pyrrole nitrogens is 1. The van der Waals surface area contributed by atoms with Crippen molar-refractivity contribution in [1.82, 2.24) is 35.5 Å². The highest BCUT2D eigenvalue weighted by Crippen LogP contribution is 2.30. The summed E-state index contributed by atoms with van der Waals surface area (Å²) in [4.78, 5) is 45.7. The molecule has 7 rings (SSSR count). The molecule has 2 atom stereocenters. The summed E-state index contributed by atoms with van der Waals surface area (Å²) in [5.74, 6) is -0.0339. The Kier molecular flexibility index (Phi) is 6.30. The summed E-state index contributed by atoms with van der Waals surface area (Å²) in [5.41, 5.74) is 5.09. The van der Waals surface area contributed by atoms with Gasteiger partial charge in [0.1, 0.15) is 6.04 Å². The van der Waals surface area contributed by atoms with Crippen LogP contribution in [0.25, 0.3) is 10.9 Å². The minimum atomic E-state index is -0.638. The number of aromatic amines is 1. The normalized spacial score (nSPS) is 23.6. The van der Waals surface area contributed by atoms with Gasteiger partial charge in [-0.05, 0) is 54.6 Å². The van der Waals surface area contributed by atoms with Gasteiger partial charge in [0.25, 0.3) is 0 Å². The molecule has 5 amide bonds. The Labute approximate surface area is 232 Å². The van der Waals surface area contributed by atoms with Gasteiger partial charge in [-0.2, -0.15) is 5.10 Å². The second-order valence-electron chi connectivity index (χ2n) is 11.3. The molecule has 11 nitrogen and oxygen atoms in total. The van der Waals surface area contributed by atoms with E-state index >= 15 is 0 Å². The first-order chi connectivity index (χ1) is 19.5. The fourth-order valence-electron chi connectivity index (χ4n) is 6.72. The number of benzene rings is 2. The van der Waals surface area contributed by atoms with Crippen LogP contribution in [0.5, 0.6) is 0 Å². The van der Waals surface area contributed by atoms with Crippen molar-refractivity contribution in [1.29, 1.82) is 0 Å². The first kappa shape index (κ1) is 24.9. The second kappa shape index (κ2) is 10.1. The Bertz CT molecular complexity index is 1460. The molecule has 4 aliphatic heterocycles. The molecule has 1 aromatic heterocycles. The Morgan fingerprint density at radius 3 is 2.62 bits per heavy atom. The molecule has 0 spiro atoms. The third-order valence-corrected chi connectivity index (χ3v) is 8.99. The molecule has 0 radical (unpaired) electrons. The number of nitrogens with one attached hydrogen (secondary N) is 4. The van der Waals surface area contributed by atoms with Crippen LogP contribution in [-0.2, 0) is 24.3 Å². The van der Waals surface area contributed by atoms with Crippen molar-refractivity contribution in [3.63, 3.8) is 0 Å². The van der Waals surface area contributed by atoms with Gasteiger partial charge in [0.15, 0.2) is 0 Å². The number of rotatable bonds is 3. The van der Waals surface area contributed by atoms with Crippen LogP contribution in [0.15, 0.2) is 42.6 Å². The van der Waals surface area contributed by atoms with Crippen LogP contribution in [0.1, 0.15) is 36.0 Å². The van der Waals surface area contributed by atoms with E-state index in [-0.39, 0.29) is 30.1 Å². The molecular weight excluding hydrogens is 508 g/mol. The number of carbonyl (C=O) groups is 3. The van der Waals surface area contributed by atoms with Gasteiger partial charge in [0.2, 0.25) is 5.91 Å². The van der Waals surface area contributed by atoms with E-state index < -0.39 is 6.04 Å². The number of amides is 5. The molecule has 11 heteroatoms. The van der Waals surface area contributed by atoms with Crippen LogP contribution >= 0.6 is 0 Å². The van der Waals surface area contributed by atoms with Crippen molar-refractivity contribution in [2.24, 2.45) is 0 Å². The lowest BCUT2D eigenvalue weighted by molar-refractivity contribution is -0.135. The van der Waals surface area contributed by atoms with Crippen LogP contribution in [0.3, 0.4) is 0 Å². The number of para-hydroxylation sites is 1. The summed E-state index contributed by atoms with van der Waals surface area (Å²) in [6.45, 7) is 3.78. The summed E-state index contributed by atoms with van der Waals surface area (Å²) < 4.78 is 0. The van der Waals surface area contributed by atoms with Gasteiger partial charge in [-0.25, -0.2) is 9.59 Å². The average molecular weight is 543 g/mol. The van der Waals surface area contributed by atoms with E-state index in [1.165, 1.54) is 0 Å². The van der Waals surface area contributed by atoms with E-state index in [2.05, 4.69) is 26.1 Å². The molecule has 5 heterocycles. The van der Waals surface area contributed by atoms with Gasteiger partial charge in [-0.15, -0.1) is 0 Å². The summed E-state index contributed by atoms with van der Waals surface area (Å²) in [6, 6.07) is 11.1. The number of aromatic nitrogens is 2. The van der Waals surface area contributed by atoms with Gasteiger partial charge in [0, 0.05) is 62.3 Å². The zero-order valence-electron chi connectivity index (χ0n) is 22.4. The summed E-state index contributed by atoms with van der Waals surface area (Å²) >= 11 is 0. The monoisotopic (exact) mass is 542 g/mol. The third kappa shape index (κ3) is 4.43. The SMILES string of the molecule is O=C(N[C@@H]1Cc2ccc3[nH]ncc3c2CN(C2CCNC2)C1=O)N1CCC(N2Cc3ccccc3NC2=O)CC1. The minimum absolute atomic E-state index is 0.0339. The van der Waals surface area contributed by atoms with E-state index in [9.17, 15) is 14.4 Å². The minimum Gasteiger partial charge on any atom is -0.332 e. The quantitative estimate of drug-likeness (QED) is 0.405. The van der Waals surface area contributed by atoms with Crippen LogP contribution < -0.4 is 16.0 Å². The predicted molar refractivity (Wildman–Crippen MR) is 150 cm³/mol. The van der Waals surface area contributed by atoms with Crippen molar-refractivity contribution >= 4 is 34.6 Å². The molecule has 4 aliphatic rings. The maximum Gasteiger partial charge on any atom is 0.322 e. The fraction of sp³-hybridized carbons (Fsp3) is 0.448. The molecular formula is C29H34N8O3. The summed E-state index contributed by atoms with van der Waals surface area (Å²) in [7, 11) is 0. The first-order valence-corrected chi connectivity index (χ1v) is 14.2. The maximum absolute atomic E-state index is 13.9. The predicted octanol–water partition coefficient (Wildman–Crippen LogP) is 2.40. The number of urea groups is 2. The highest BCUT2D eigenvalue weighted by Gasteiger charge is 2.38. The Hall–Kier alpha value is -4.12. The van der Waals surface area contributed by atoms with Crippen LogP contribution in [-0.4, -0.2) is 87.2 Å². The van der Waals surface area contributed by atoms with Crippen molar-refractivity contribution in [2.75, 3.05) is 31.5 Å². The van der Waals surface area contributed by atoms with Gasteiger partial charge in [0.05, 0.1) is 11.7 Å². The molecule has 2 aromatic carbocycles. The van der Waals surface area contributed by atoms with Crippen LogP contribution in [0.2, 0.25) is 0 Å². The van der Waals surface area contributed by atoms with E-state index in [4.69, 9.17) is 0 Å². The number of carbonyl (C=O) groups excluding carboxylic acids is 3. The lowest BCUT2D eigenvalue weighted by Crippen LogP contribution is -2.56. The number of piperidine rings is 1. The smallest absolute Gasteiger partial charge is 0.322 e. The highest BCUT2D eigenvalue weighted by atomic mass is 16.2. The molecule has 2 fully saturated rings. The largest absolute Gasteiger partial charge is 0.332 e. The Balaban J connectivity index is 1.05. The first-order valence-electron chi connectivity index (χ1n) is 14.2. The number of hydrogen-bond donors (Lipinski definition) is 4. The fourth-order valence-corrected chi connectivity index (χ4v) is 6.72. The molecule has 4 N–H and O–H groups in total. The number of fused-ring (bicyclic) bond motifs is 4. The number of anilines is 1. The van der Waals surface area contributed by atoms with Crippen LogP contribution in [0, 0.1) is 0 Å². The number of hydrogen-bond acceptors (Lipinski definition) is 5. The summed E-state index contributed by atoms with van der Waals surface area (Å²) in [6.07, 6.45) is 4.56. The van der Waals surface area contributed by atoms with Crippen molar-refractivity contribution in [3.8, 4) is 0 Å². The molecule has 40 heavy (non-hydrogen) atoms.